The number of ether oxygens (including phenoxy) is 2. The molecular weight excluding hydrogens is 448 g/mol. The molecule has 2 aromatic carbocycles. The Hall–Kier alpha value is -4.14. The maximum atomic E-state index is 13.8. The molecule has 35 heavy (non-hydrogen) atoms. The molecule has 0 radical (unpaired) electrons. The third-order valence-corrected chi connectivity index (χ3v) is 6.12. The van der Waals surface area contributed by atoms with Crippen LogP contribution in [0.4, 0.5) is 0 Å². The average Bonchev–Trinajstić information content (AvgIpc) is 3.30. The maximum absolute atomic E-state index is 13.8. The van der Waals surface area contributed by atoms with Gasteiger partial charge in [0, 0.05) is 12.1 Å². The van der Waals surface area contributed by atoms with E-state index in [1.165, 1.54) is 18.3 Å². The lowest BCUT2D eigenvalue weighted by Crippen LogP contribution is -2.63. The number of para-hydroxylation sites is 1. The number of imidazole rings is 1. The smallest absolute Gasteiger partial charge is 0.359 e. The van der Waals surface area contributed by atoms with E-state index in [-0.39, 0.29) is 30.4 Å². The largest absolute Gasteiger partial charge is 0.494 e. The number of nitrogens with zero attached hydrogens (tertiary/aromatic N) is 3. The van der Waals surface area contributed by atoms with Crippen molar-refractivity contribution < 1.29 is 23.9 Å². The topological polar surface area (TPSA) is 103 Å². The van der Waals surface area contributed by atoms with Crippen LogP contribution in [0.1, 0.15) is 46.0 Å². The van der Waals surface area contributed by atoms with Crippen molar-refractivity contribution in [2.75, 3.05) is 13.7 Å². The van der Waals surface area contributed by atoms with Crippen LogP contribution in [0.2, 0.25) is 0 Å². The third-order valence-electron chi connectivity index (χ3n) is 6.12. The standard InChI is InChI=1S/C26H28N4O5/c1-4-35-20-13-9-8-12-19(20)15-30-23(31)22-21(24(32)34-3)28-17-29(22)16-26(30,2)25(33)27-14-18-10-6-5-7-11-18/h5-13,17H,4,14-16H2,1-3H3,(H,27,33)/t26-/m1/s1. The third kappa shape index (κ3) is 4.62. The van der Waals surface area contributed by atoms with Gasteiger partial charge in [-0.2, -0.15) is 0 Å². The molecule has 0 spiro atoms. The van der Waals surface area contributed by atoms with Crippen LogP contribution < -0.4 is 10.1 Å². The Labute approximate surface area is 203 Å². The van der Waals surface area contributed by atoms with E-state index in [1.807, 2.05) is 61.5 Å². The second kappa shape index (κ2) is 10.0. The van der Waals surface area contributed by atoms with Crippen molar-refractivity contribution >= 4 is 17.8 Å². The second-order valence-corrected chi connectivity index (χ2v) is 8.44. The zero-order chi connectivity index (χ0) is 25.0. The number of amides is 2. The van der Waals surface area contributed by atoms with Crippen molar-refractivity contribution in [2.24, 2.45) is 0 Å². The average molecular weight is 477 g/mol. The summed E-state index contributed by atoms with van der Waals surface area (Å²) < 4.78 is 12.1. The van der Waals surface area contributed by atoms with Crippen LogP contribution in [-0.2, 0) is 29.2 Å². The fourth-order valence-electron chi connectivity index (χ4n) is 4.25. The molecule has 1 aliphatic heterocycles. The number of rotatable bonds is 8. The number of nitrogens with one attached hydrogen (secondary N) is 1. The fourth-order valence-corrected chi connectivity index (χ4v) is 4.25. The minimum Gasteiger partial charge on any atom is -0.494 e. The summed E-state index contributed by atoms with van der Waals surface area (Å²) in [6.07, 6.45) is 1.40. The van der Waals surface area contributed by atoms with E-state index >= 15 is 0 Å². The van der Waals surface area contributed by atoms with E-state index in [4.69, 9.17) is 9.47 Å². The molecule has 0 bridgehead atoms. The molecule has 2 amide bonds. The number of carbonyl (C=O) groups is 3. The highest BCUT2D eigenvalue weighted by atomic mass is 16.5. The number of fused-ring (bicyclic) bond motifs is 1. The van der Waals surface area contributed by atoms with Crippen LogP contribution in [-0.4, -0.2) is 51.5 Å². The Morgan fingerprint density at radius 3 is 2.54 bits per heavy atom. The van der Waals surface area contributed by atoms with Gasteiger partial charge in [-0.15, -0.1) is 0 Å². The van der Waals surface area contributed by atoms with Gasteiger partial charge in [0.15, 0.2) is 5.69 Å². The van der Waals surface area contributed by atoms with Gasteiger partial charge in [-0.05, 0) is 25.5 Å². The molecule has 4 rings (SSSR count). The van der Waals surface area contributed by atoms with Crippen molar-refractivity contribution in [1.82, 2.24) is 19.8 Å². The van der Waals surface area contributed by atoms with Gasteiger partial charge < -0.3 is 24.3 Å². The first-order valence-corrected chi connectivity index (χ1v) is 11.4. The lowest BCUT2D eigenvalue weighted by molar-refractivity contribution is -0.133. The minimum atomic E-state index is -1.26. The molecule has 0 saturated carbocycles. The summed E-state index contributed by atoms with van der Waals surface area (Å²) >= 11 is 0. The molecule has 9 nitrogen and oxygen atoms in total. The van der Waals surface area contributed by atoms with Crippen LogP contribution >= 0.6 is 0 Å². The lowest BCUT2D eigenvalue weighted by Gasteiger charge is -2.44. The van der Waals surface area contributed by atoms with E-state index in [1.54, 1.807) is 11.5 Å². The van der Waals surface area contributed by atoms with Crippen LogP contribution in [0.5, 0.6) is 5.75 Å². The van der Waals surface area contributed by atoms with Gasteiger partial charge in [0.2, 0.25) is 5.91 Å². The number of carbonyl (C=O) groups excluding carboxylic acids is 3. The highest BCUT2D eigenvalue weighted by Crippen LogP contribution is 2.32. The molecule has 1 N–H and O–H groups in total. The van der Waals surface area contributed by atoms with Gasteiger partial charge in [-0.25, -0.2) is 9.78 Å². The number of benzene rings is 2. The summed E-state index contributed by atoms with van der Waals surface area (Å²) in [5.41, 5.74) is 0.451. The van der Waals surface area contributed by atoms with E-state index in [0.717, 1.165) is 11.1 Å². The van der Waals surface area contributed by atoms with Gasteiger partial charge in [0.25, 0.3) is 5.91 Å². The molecule has 1 aliphatic rings. The molecule has 0 saturated heterocycles. The first-order valence-electron chi connectivity index (χ1n) is 11.4. The molecule has 9 heteroatoms. The van der Waals surface area contributed by atoms with Crippen LogP contribution in [0.3, 0.4) is 0 Å². The summed E-state index contributed by atoms with van der Waals surface area (Å²) in [4.78, 5) is 45.3. The molecule has 1 atom stereocenters. The van der Waals surface area contributed by atoms with Crippen LogP contribution in [0.25, 0.3) is 0 Å². The Balaban J connectivity index is 1.72. The monoisotopic (exact) mass is 476 g/mol. The van der Waals surface area contributed by atoms with Crippen molar-refractivity contribution in [1.29, 1.82) is 0 Å². The number of esters is 1. The van der Waals surface area contributed by atoms with Crippen LogP contribution in [0, 0.1) is 0 Å². The molecule has 3 aromatic rings. The summed E-state index contributed by atoms with van der Waals surface area (Å²) in [5.74, 6) is -0.888. The second-order valence-electron chi connectivity index (χ2n) is 8.44. The molecule has 0 aliphatic carbocycles. The molecular formula is C26H28N4O5. The van der Waals surface area contributed by atoms with E-state index in [2.05, 4.69) is 10.3 Å². The van der Waals surface area contributed by atoms with Crippen molar-refractivity contribution in [2.45, 2.75) is 39.0 Å². The fraction of sp³-hybridized carbons (Fsp3) is 0.308. The molecule has 182 valence electrons. The summed E-state index contributed by atoms with van der Waals surface area (Å²) in [6.45, 7) is 4.60. The quantitative estimate of drug-likeness (QED) is 0.502. The van der Waals surface area contributed by atoms with E-state index < -0.39 is 17.4 Å². The Morgan fingerprint density at radius 1 is 1.11 bits per heavy atom. The molecule has 2 heterocycles. The summed E-state index contributed by atoms with van der Waals surface area (Å²) in [7, 11) is 1.23. The van der Waals surface area contributed by atoms with E-state index in [9.17, 15) is 14.4 Å². The number of methoxy groups -OCH3 is 1. The Bertz CT molecular complexity index is 1240. The highest BCUT2D eigenvalue weighted by molar-refractivity contribution is 6.06. The lowest BCUT2D eigenvalue weighted by atomic mass is 9.93. The summed E-state index contributed by atoms with van der Waals surface area (Å²) in [6, 6.07) is 16.9. The normalized spacial score (nSPS) is 17.0. The van der Waals surface area contributed by atoms with Gasteiger partial charge in [-0.3, -0.25) is 9.59 Å². The Morgan fingerprint density at radius 2 is 1.83 bits per heavy atom. The van der Waals surface area contributed by atoms with Crippen molar-refractivity contribution in [3.05, 3.63) is 83.4 Å². The molecule has 0 unspecified atom stereocenters. The zero-order valence-corrected chi connectivity index (χ0v) is 20.0. The molecule has 0 fully saturated rings. The summed E-state index contributed by atoms with van der Waals surface area (Å²) in [5, 5.41) is 2.97. The van der Waals surface area contributed by atoms with Gasteiger partial charge in [-0.1, -0.05) is 48.5 Å². The van der Waals surface area contributed by atoms with Gasteiger partial charge >= 0.3 is 5.97 Å². The van der Waals surface area contributed by atoms with Gasteiger partial charge in [0.1, 0.15) is 17.0 Å². The predicted molar refractivity (Wildman–Crippen MR) is 128 cm³/mol. The first-order chi connectivity index (χ1) is 16.9. The Kier molecular flexibility index (Phi) is 6.86. The van der Waals surface area contributed by atoms with Crippen molar-refractivity contribution in [3.63, 3.8) is 0 Å². The van der Waals surface area contributed by atoms with Crippen LogP contribution in [0.15, 0.2) is 60.9 Å². The zero-order valence-electron chi connectivity index (χ0n) is 20.0. The number of aromatic nitrogens is 2. The highest BCUT2D eigenvalue weighted by Gasteiger charge is 2.49. The number of hydrogen-bond donors (Lipinski definition) is 1. The first kappa shape index (κ1) is 24.0. The molecule has 1 aromatic heterocycles. The van der Waals surface area contributed by atoms with E-state index in [0.29, 0.717) is 18.9 Å². The maximum Gasteiger partial charge on any atom is 0.359 e. The predicted octanol–water partition coefficient (Wildman–Crippen LogP) is 2.80. The number of hydrogen-bond acceptors (Lipinski definition) is 6. The van der Waals surface area contributed by atoms with Crippen molar-refractivity contribution in [3.8, 4) is 5.75 Å². The minimum absolute atomic E-state index is 0.0765. The SMILES string of the molecule is CCOc1ccccc1CN1C(=O)c2c(C(=O)OC)ncn2C[C@]1(C)C(=O)NCc1ccccc1. The van der Waals surface area contributed by atoms with Gasteiger partial charge in [0.05, 0.1) is 33.1 Å².